The van der Waals surface area contributed by atoms with Crippen molar-refractivity contribution < 1.29 is 9.53 Å². The largest absolute Gasteiger partial charge is 0.466 e. The molecule has 2 heteroatoms. The summed E-state index contributed by atoms with van der Waals surface area (Å²) in [5.74, 6) is 0.119. The van der Waals surface area contributed by atoms with E-state index in [0.717, 1.165) is 19.3 Å². The van der Waals surface area contributed by atoms with Crippen molar-refractivity contribution >= 4 is 5.97 Å². The molecule has 1 saturated carbocycles. The Morgan fingerprint density at radius 1 is 1.47 bits per heavy atom. The molecule has 0 aliphatic heterocycles. The maximum atomic E-state index is 11.9. The van der Waals surface area contributed by atoms with Crippen LogP contribution in [0.1, 0.15) is 37.3 Å². The molecular weight excluding hydrogens is 212 g/mol. The fraction of sp³-hybridized carbons (Fsp3) is 0.533. The molecule has 1 aromatic rings. The Hall–Kier alpha value is -1.31. The molecule has 2 nitrogen and oxygen atoms in total. The smallest absolute Gasteiger partial charge is 0.309 e. The number of benzene rings is 1. The van der Waals surface area contributed by atoms with Crippen LogP contribution in [0.5, 0.6) is 0 Å². The number of rotatable bonds is 2. The summed E-state index contributed by atoms with van der Waals surface area (Å²) >= 11 is 0. The maximum Gasteiger partial charge on any atom is 0.309 e. The zero-order valence-electron chi connectivity index (χ0n) is 10.2. The third-order valence-corrected chi connectivity index (χ3v) is 4.27. The van der Waals surface area contributed by atoms with Gasteiger partial charge in [-0.3, -0.25) is 4.79 Å². The van der Waals surface area contributed by atoms with Crippen molar-refractivity contribution in [1.82, 2.24) is 0 Å². The lowest BCUT2D eigenvalue weighted by Gasteiger charge is -2.26. The number of aryl methyl sites for hydroxylation is 1. The van der Waals surface area contributed by atoms with E-state index in [-0.39, 0.29) is 17.3 Å². The first-order valence-electron chi connectivity index (χ1n) is 6.53. The van der Waals surface area contributed by atoms with Crippen molar-refractivity contribution in [1.29, 1.82) is 0 Å². The van der Waals surface area contributed by atoms with Crippen molar-refractivity contribution in [2.45, 2.75) is 38.0 Å². The standard InChI is InChI=1S/C15H18O2/c1-2-17-14(16)13-10-15(13)9-5-7-11-6-3-4-8-12(11)15/h3-4,6,8,13H,2,5,7,9-10H2,1H3/t13-,15-/m0/s1. The average Bonchev–Trinajstić information content (AvgIpc) is 3.06. The first-order valence-corrected chi connectivity index (χ1v) is 6.53. The Morgan fingerprint density at radius 3 is 3.12 bits per heavy atom. The minimum atomic E-state index is 0.00389. The molecule has 1 spiro atoms. The van der Waals surface area contributed by atoms with Gasteiger partial charge in [-0.1, -0.05) is 24.3 Å². The van der Waals surface area contributed by atoms with Crippen LogP contribution >= 0.6 is 0 Å². The molecular formula is C15H18O2. The minimum absolute atomic E-state index is 0.00389. The van der Waals surface area contributed by atoms with E-state index in [1.54, 1.807) is 0 Å². The average molecular weight is 230 g/mol. The van der Waals surface area contributed by atoms with Crippen LogP contribution in [0.3, 0.4) is 0 Å². The Labute approximate surface area is 102 Å². The van der Waals surface area contributed by atoms with Crippen molar-refractivity contribution in [2.24, 2.45) is 5.92 Å². The summed E-state index contributed by atoms with van der Waals surface area (Å²) in [5.41, 5.74) is 2.97. The molecule has 0 amide bonds. The van der Waals surface area contributed by atoms with Gasteiger partial charge >= 0.3 is 5.97 Å². The van der Waals surface area contributed by atoms with E-state index >= 15 is 0 Å². The Bertz CT molecular complexity index is 452. The molecule has 2 aliphatic rings. The quantitative estimate of drug-likeness (QED) is 0.730. The summed E-state index contributed by atoms with van der Waals surface area (Å²) < 4.78 is 5.17. The first kappa shape index (κ1) is 10.8. The molecule has 0 unspecified atom stereocenters. The van der Waals surface area contributed by atoms with Crippen LogP contribution in [0.4, 0.5) is 0 Å². The van der Waals surface area contributed by atoms with Crippen LogP contribution in [0.15, 0.2) is 24.3 Å². The van der Waals surface area contributed by atoms with Crippen LogP contribution in [0.25, 0.3) is 0 Å². The molecule has 1 aromatic carbocycles. The van der Waals surface area contributed by atoms with Crippen LogP contribution < -0.4 is 0 Å². The number of carbonyl (C=O) groups excluding carboxylic acids is 1. The van der Waals surface area contributed by atoms with Crippen molar-refractivity contribution in [3.8, 4) is 0 Å². The fourth-order valence-corrected chi connectivity index (χ4v) is 3.38. The van der Waals surface area contributed by atoms with Crippen molar-refractivity contribution in [3.63, 3.8) is 0 Å². The van der Waals surface area contributed by atoms with Crippen molar-refractivity contribution in [2.75, 3.05) is 6.61 Å². The molecule has 2 aliphatic carbocycles. The van der Waals surface area contributed by atoms with Crippen LogP contribution in [0, 0.1) is 5.92 Å². The number of esters is 1. The maximum absolute atomic E-state index is 11.9. The number of fused-ring (bicyclic) bond motifs is 2. The van der Waals surface area contributed by atoms with Gasteiger partial charge in [0.1, 0.15) is 0 Å². The van der Waals surface area contributed by atoms with Gasteiger partial charge < -0.3 is 4.74 Å². The molecule has 0 aromatic heterocycles. The van der Waals surface area contributed by atoms with Crippen LogP contribution in [-0.2, 0) is 21.4 Å². The van der Waals surface area contributed by atoms with E-state index in [2.05, 4.69) is 24.3 Å². The van der Waals surface area contributed by atoms with E-state index in [1.807, 2.05) is 6.92 Å². The fourth-order valence-electron chi connectivity index (χ4n) is 3.38. The zero-order chi connectivity index (χ0) is 11.9. The van der Waals surface area contributed by atoms with Gasteiger partial charge in [0.2, 0.25) is 0 Å². The highest BCUT2D eigenvalue weighted by Gasteiger charge is 2.60. The second-order valence-electron chi connectivity index (χ2n) is 5.18. The van der Waals surface area contributed by atoms with Gasteiger partial charge in [-0.25, -0.2) is 0 Å². The number of carbonyl (C=O) groups is 1. The highest BCUT2D eigenvalue weighted by Crippen LogP contribution is 2.60. The second kappa shape index (κ2) is 3.86. The lowest BCUT2D eigenvalue weighted by molar-refractivity contribution is -0.145. The van der Waals surface area contributed by atoms with E-state index in [0.29, 0.717) is 6.61 Å². The Morgan fingerprint density at radius 2 is 2.29 bits per heavy atom. The molecule has 2 atom stereocenters. The predicted molar refractivity (Wildman–Crippen MR) is 65.8 cm³/mol. The predicted octanol–water partition coefficient (Wildman–Crippen LogP) is 2.84. The van der Waals surface area contributed by atoms with E-state index in [1.165, 1.54) is 17.5 Å². The van der Waals surface area contributed by atoms with Crippen LogP contribution in [-0.4, -0.2) is 12.6 Å². The highest BCUT2D eigenvalue weighted by molar-refractivity contribution is 5.79. The summed E-state index contributed by atoms with van der Waals surface area (Å²) in [4.78, 5) is 11.9. The Kier molecular flexibility index (Phi) is 2.46. The lowest BCUT2D eigenvalue weighted by Crippen LogP contribution is -2.22. The summed E-state index contributed by atoms with van der Waals surface area (Å²) in [5, 5.41) is 0. The van der Waals surface area contributed by atoms with Gasteiger partial charge in [0.15, 0.2) is 0 Å². The first-order chi connectivity index (χ1) is 8.28. The molecule has 1 fully saturated rings. The second-order valence-corrected chi connectivity index (χ2v) is 5.18. The van der Waals surface area contributed by atoms with Gasteiger partial charge in [0, 0.05) is 5.41 Å². The molecule has 3 rings (SSSR count). The topological polar surface area (TPSA) is 26.3 Å². The summed E-state index contributed by atoms with van der Waals surface area (Å²) in [6.07, 6.45) is 4.50. The SMILES string of the molecule is CCOC(=O)[C@@H]1C[C@]12CCCc1ccccc12. The molecule has 0 bridgehead atoms. The molecule has 0 radical (unpaired) electrons. The van der Waals surface area contributed by atoms with E-state index in [4.69, 9.17) is 4.74 Å². The summed E-state index contributed by atoms with van der Waals surface area (Å²) in [6, 6.07) is 8.59. The van der Waals surface area contributed by atoms with Crippen LogP contribution in [0.2, 0.25) is 0 Å². The van der Waals surface area contributed by atoms with Crippen molar-refractivity contribution in [3.05, 3.63) is 35.4 Å². The lowest BCUT2D eigenvalue weighted by atomic mass is 9.79. The monoisotopic (exact) mass is 230 g/mol. The van der Waals surface area contributed by atoms with E-state index < -0.39 is 0 Å². The molecule has 0 heterocycles. The van der Waals surface area contributed by atoms with E-state index in [9.17, 15) is 4.79 Å². The third kappa shape index (κ3) is 1.58. The number of ether oxygens (including phenoxy) is 1. The highest BCUT2D eigenvalue weighted by atomic mass is 16.5. The Balaban J connectivity index is 1.90. The minimum Gasteiger partial charge on any atom is -0.466 e. The normalized spacial score (nSPS) is 29.8. The van der Waals surface area contributed by atoms with Gasteiger partial charge in [-0.2, -0.15) is 0 Å². The summed E-state index contributed by atoms with van der Waals surface area (Å²) in [6.45, 7) is 2.37. The molecule has 90 valence electrons. The molecule has 17 heavy (non-hydrogen) atoms. The van der Waals surface area contributed by atoms with Gasteiger partial charge in [-0.15, -0.1) is 0 Å². The number of hydrogen-bond acceptors (Lipinski definition) is 2. The summed E-state index contributed by atoms with van der Waals surface area (Å²) in [7, 11) is 0. The third-order valence-electron chi connectivity index (χ3n) is 4.27. The number of hydrogen-bond donors (Lipinski definition) is 0. The van der Waals surface area contributed by atoms with Gasteiger partial charge in [0.05, 0.1) is 12.5 Å². The van der Waals surface area contributed by atoms with Gasteiger partial charge in [-0.05, 0) is 43.7 Å². The zero-order valence-corrected chi connectivity index (χ0v) is 10.2. The molecule has 0 saturated heterocycles. The molecule has 0 N–H and O–H groups in total. The van der Waals surface area contributed by atoms with Gasteiger partial charge in [0.25, 0.3) is 0 Å².